The summed E-state index contributed by atoms with van der Waals surface area (Å²) in [4.78, 5) is 16.7. The van der Waals surface area contributed by atoms with E-state index < -0.39 is 0 Å². The van der Waals surface area contributed by atoms with E-state index in [0.29, 0.717) is 16.2 Å². The number of hydrogen-bond acceptors (Lipinski definition) is 6. The van der Waals surface area contributed by atoms with Crippen LogP contribution < -0.4 is 5.32 Å². The lowest BCUT2D eigenvalue weighted by atomic mass is 10.2. The standard InChI is InChI=1S/C13H23N5OS/c1-4-10(3)17-6-8-18(9-7-17)12(19)11-15-16-13(20-11)14-5-2/h10H,4-9H2,1-3H3,(H,14,16). The molecule has 1 amide bonds. The molecule has 0 spiro atoms. The van der Waals surface area contributed by atoms with Gasteiger partial charge in [0.1, 0.15) is 0 Å². The second kappa shape index (κ2) is 6.99. The van der Waals surface area contributed by atoms with Crippen LogP contribution in [0.5, 0.6) is 0 Å². The van der Waals surface area contributed by atoms with Crippen LogP contribution in [0.2, 0.25) is 0 Å². The second-order valence-electron chi connectivity index (χ2n) is 5.03. The van der Waals surface area contributed by atoms with Gasteiger partial charge in [-0.2, -0.15) is 0 Å². The second-order valence-corrected chi connectivity index (χ2v) is 6.01. The molecule has 2 heterocycles. The summed E-state index contributed by atoms with van der Waals surface area (Å²) in [7, 11) is 0. The molecule has 0 bridgehead atoms. The maximum atomic E-state index is 12.4. The van der Waals surface area contributed by atoms with Crippen molar-refractivity contribution in [3.8, 4) is 0 Å². The lowest BCUT2D eigenvalue weighted by molar-refractivity contribution is 0.0578. The molecule has 20 heavy (non-hydrogen) atoms. The molecule has 7 heteroatoms. The number of rotatable bonds is 5. The molecule has 112 valence electrons. The van der Waals surface area contributed by atoms with Gasteiger partial charge in [0, 0.05) is 38.8 Å². The Labute approximate surface area is 124 Å². The van der Waals surface area contributed by atoms with Gasteiger partial charge in [-0.15, -0.1) is 10.2 Å². The van der Waals surface area contributed by atoms with Crippen molar-refractivity contribution in [2.45, 2.75) is 33.2 Å². The number of anilines is 1. The van der Waals surface area contributed by atoms with Crippen molar-refractivity contribution in [2.75, 3.05) is 38.0 Å². The summed E-state index contributed by atoms with van der Waals surface area (Å²) in [5.41, 5.74) is 0. The third-order valence-corrected chi connectivity index (χ3v) is 4.62. The minimum absolute atomic E-state index is 0.00968. The smallest absolute Gasteiger partial charge is 0.284 e. The van der Waals surface area contributed by atoms with Gasteiger partial charge in [0.15, 0.2) is 0 Å². The summed E-state index contributed by atoms with van der Waals surface area (Å²) in [6, 6.07) is 0.592. The number of carbonyl (C=O) groups is 1. The summed E-state index contributed by atoms with van der Waals surface area (Å²) in [5, 5.41) is 12.2. The first-order valence-corrected chi connectivity index (χ1v) is 8.08. The van der Waals surface area contributed by atoms with Gasteiger partial charge in [-0.25, -0.2) is 0 Å². The van der Waals surface area contributed by atoms with Gasteiger partial charge < -0.3 is 10.2 Å². The molecule has 1 aliphatic heterocycles. The Morgan fingerprint density at radius 2 is 2.00 bits per heavy atom. The number of nitrogens with one attached hydrogen (secondary N) is 1. The van der Waals surface area contributed by atoms with E-state index in [9.17, 15) is 4.79 Å². The van der Waals surface area contributed by atoms with Crippen molar-refractivity contribution in [3.63, 3.8) is 0 Å². The fraction of sp³-hybridized carbons (Fsp3) is 0.769. The normalized spacial score (nSPS) is 18.1. The highest BCUT2D eigenvalue weighted by Crippen LogP contribution is 2.18. The Morgan fingerprint density at radius 3 is 2.60 bits per heavy atom. The van der Waals surface area contributed by atoms with Crippen LogP contribution in [0.4, 0.5) is 5.13 Å². The number of nitrogens with zero attached hydrogens (tertiary/aromatic N) is 4. The Kier molecular flexibility index (Phi) is 5.31. The van der Waals surface area contributed by atoms with Crippen molar-refractivity contribution in [2.24, 2.45) is 0 Å². The molecule has 1 aromatic heterocycles. The van der Waals surface area contributed by atoms with Crippen LogP contribution in [-0.4, -0.2) is 64.7 Å². The van der Waals surface area contributed by atoms with E-state index in [1.54, 1.807) is 0 Å². The molecule has 1 aromatic rings. The Hall–Kier alpha value is -1.21. The van der Waals surface area contributed by atoms with Crippen molar-refractivity contribution < 1.29 is 4.79 Å². The van der Waals surface area contributed by atoms with Crippen molar-refractivity contribution in [1.82, 2.24) is 20.0 Å². The summed E-state index contributed by atoms with van der Waals surface area (Å²) in [6.07, 6.45) is 1.15. The van der Waals surface area contributed by atoms with Gasteiger partial charge in [-0.3, -0.25) is 9.69 Å². The highest BCUT2D eigenvalue weighted by atomic mass is 32.1. The average Bonchev–Trinajstić information content (AvgIpc) is 2.95. The maximum absolute atomic E-state index is 12.4. The monoisotopic (exact) mass is 297 g/mol. The largest absolute Gasteiger partial charge is 0.360 e. The van der Waals surface area contributed by atoms with Crippen LogP contribution in [0.25, 0.3) is 0 Å². The molecule has 1 saturated heterocycles. The van der Waals surface area contributed by atoms with Crippen LogP contribution in [0, 0.1) is 0 Å². The summed E-state index contributed by atoms with van der Waals surface area (Å²) in [5.74, 6) is 0.00968. The third-order valence-electron chi connectivity index (χ3n) is 3.75. The number of carbonyl (C=O) groups excluding carboxylic acids is 1. The van der Waals surface area contributed by atoms with Gasteiger partial charge in [-0.05, 0) is 20.3 Å². The zero-order chi connectivity index (χ0) is 14.5. The zero-order valence-electron chi connectivity index (χ0n) is 12.4. The first-order valence-electron chi connectivity index (χ1n) is 7.26. The minimum atomic E-state index is 0.00968. The van der Waals surface area contributed by atoms with Crippen LogP contribution >= 0.6 is 11.3 Å². The van der Waals surface area contributed by atoms with Gasteiger partial charge in [-0.1, -0.05) is 18.3 Å². The molecule has 2 rings (SSSR count). The Morgan fingerprint density at radius 1 is 1.30 bits per heavy atom. The molecular weight excluding hydrogens is 274 g/mol. The predicted octanol–water partition coefficient (Wildman–Crippen LogP) is 1.53. The van der Waals surface area contributed by atoms with E-state index in [2.05, 4.69) is 34.3 Å². The average molecular weight is 297 g/mol. The number of hydrogen-bond donors (Lipinski definition) is 1. The topological polar surface area (TPSA) is 61.4 Å². The summed E-state index contributed by atoms with van der Waals surface area (Å²) >= 11 is 1.33. The van der Waals surface area contributed by atoms with Gasteiger partial charge in [0.2, 0.25) is 10.1 Å². The molecule has 1 unspecified atom stereocenters. The fourth-order valence-electron chi connectivity index (χ4n) is 2.29. The van der Waals surface area contributed by atoms with E-state index in [4.69, 9.17) is 0 Å². The molecule has 0 aliphatic carbocycles. The first kappa shape index (κ1) is 15.2. The Balaban J connectivity index is 1.90. The van der Waals surface area contributed by atoms with Crippen LogP contribution in [-0.2, 0) is 0 Å². The van der Waals surface area contributed by atoms with E-state index in [1.807, 2.05) is 11.8 Å². The number of amides is 1. The highest BCUT2D eigenvalue weighted by Gasteiger charge is 2.26. The molecule has 1 fully saturated rings. The molecule has 0 radical (unpaired) electrons. The van der Waals surface area contributed by atoms with Crippen LogP contribution in [0.3, 0.4) is 0 Å². The summed E-state index contributed by atoms with van der Waals surface area (Å²) < 4.78 is 0. The molecule has 6 nitrogen and oxygen atoms in total. The first-order chi connectivity index (χ1) is 9.65. The molecule has 1 aliphatic rings. The van der Waals surface area contributed by atoms with Crippen molar-refractivity contribution in [3.05, 3.63) is 5.01 Å². The quantitative estimate of drug-likeness (QED) is 0.893. The Bertz CT molecular complexity index is 442. The fourth-order valence-corrected chi connectivity index (χ4v) is 3.07. The molecular formula is C13H23N5OS. The molecule has 0 aromatic carbocycles. The van der Waals surface area contributed by atoms with E-state index in [-0.39, 0.29) is 5.91 Å². The van der Waals surface area contributed by atoms with Crippen molar-refractivity contribution in [1.29, 1.82) is 0 Å². The minimum Gasteiger partial charge on any atom is -0.360 e. The van der Waals surface area contributed by atoms with Crippen LogP contribution in [0.15, 0.2) is 0 Å². The van der Waals surface area contributed by atoms with Gasteiger partial charge in [0.25, 0.3) is 5.91 Å². The predicted molar refractivity (Wildman–Crippen MR) is 81.3 cm³/mol. The lowest BCUT2D eigenvalue weighted by Gasteiger charge is -2.37. The molecule has 1 atom stereocenters. The van der Waals surface area contributed by atoms with Gasteiger partial charge >= 0.3 is 0 Å². The molecule has 1 N–H and O–H groups in total. The highest BCUT2D eigenvalue weighted by molar-refractivity contribution is 7.17. The zero-order valence-corrected chi connectivity index (χ0v) is 13.2. The third kappa shape index (κ3) is 3.46. The van der Waals surface area contributed by atoms with E-state index >= 15 is 0 Å². The van der Waals surface area contributed by atoms with E-state index in [1.165, 1.54) is 11.3 Å². The SMILES string of the molecule is CCNc1nnc(C(=O)N2CCN(C(C)CC)CC2)s1. The number of aromatic nitrogens is 2. The molecule has 0 saturated carbocycles. The summed E-state index contributed by atoms with van der Waals surface area (Å²) in [6.45, 7) is 10.7. The van der Waals surface area contributed by atoms with Gasteiger partial charge in [0.05, 0.1) is 0 Å². The van der Waals surface area contributed by atoms with Crippen molar-refractivity contribution >= 4 is 22.4 Å². The van der Waals surface area contributed by atoms with Crippen LogP contribution in [0.1, 0.15) is 37.0 Å². The maximum Gasteiger partial charge on any atom is 0.284 e. The number of piperazine rings is 1. The lowest BCUT2D eigenvalue weighted by Crippen LogP contribution is -2.51. The van der Waals surface area contributed by atoms with E-state index in [0.717, 1.165) is 39.1 Å².